The summed E-state index contributed by atoms with van der Waals surface area (Å²) in [4.78, 5) is 14.0. The second kappa shape index (κ2) is 6.14. The number of rotatable bonds is 1. The van der Waals surface area contributed by atoms with E-state index >= 15 is 0 Å². The van der Waals surface area contributed by atoms with Crippen LogP contribution in [0, 0.1) is 12.8 Å². The van der Waals surface area contributed by atoms with E-state index in [-0.39, 0.29) is 6.03 Å². The van der Waals surface area contributed by atoms with Gasteiger partial charge < -0.3 is 10.2 Å². The molecule has 0 spiro atoms. The highest BCUT2D eigenvalue weighted by Gasteiger charge is 2.20. The highest BCUT2D eigenvalue weighted by atomic mass is 79.9. The van der Waals surface area contributed by atoms with Crippen LogP contribution in [-0.2, 0) is 0 Å². The van der Waals surface area contributed by atoms with E-state index in [1.807, 2.05) is 17.9 Å². The Balaban J connectivity index is 2.05. The predicted octanol–water partition coefficient (Wildman–Crippen LogP) is 4.67. The standard InChI is InChI=1S/C14H18BrClN2O/c1-9-3-5-18(6-4-9)14(19)17-13-8-12(16)10(2)7-11(13)15/h7-9H,3-6H2,1-2H3,(H,17,19). The molecule has 0 radical (unpaired) electrons. The molecule has 1 aliphatic heterocycles. The zero-order valence-electron chi connectivity index (χ0n) is 11.2. The zero-order chi connectivity index (χ0) is 14.0. The Labute approximate surface area is 127 Å². The highest BCUT2D eigenvalue weighted by molar-refractivity contribution is 9.10. The number of aryl methyl sites for hydroxylation is 1. The quantitative estimate of drug-likeness (QED) is 0.788. The first-order chi connectivity index (χ1) is 8.97. The lowest BCUT2D eigenvalue weighted by atomic mass is 10.00. The molecule has 104 valence electrons. The first kappa shape index (κ1) is 14.7. The van der Waals surface area contributed by atoms with Gasteiger partial charge >= 0.3 is 6.03 Å². The number of halogens is 2. The van der Waals surface area contributed by atoms with Crippen molar-refractivity contribution in [2.75, 3.05) is 18.4 Å². The van der Waals surface area contributed by atoms with Gasteiger partial charge in [-0.2, -0.15) is 0 Å². The number of hydrogen-bond acceptors (Lipinski definition) is 1. The molecule has 2 amide bonds. The van der Waals surface area contributed by atoms with Gasteiger partial charge in [0.25, 0.3) is 0 Å². The summed E-state index contributed by atoms with van der Waals surface area (Å²) in [6.45, 7) is 5.81. The number of carbonyl (C=O) groups is 1. The number of benzene rings is 1. The summed E-state index contributed by atoms with van der Waals surface area (Å²) in [5, 5.41) is 3.58. The molecule has 1 aromatic carbocycles. The number of amides is 2. The molecule has 0 aliphatic carbocycles. The van der Waals surface area contributed by atoms with Gasteiger partial charge in [0, 0.05) is 22.6 Å². The van der Waals surface area contributed by atoms with Crippen molar-refractivity contribution < 1.29 is 4.79 Å². The lowest BCUT2D eigenvalue weighted by Gasteiger charge is -2.30. The van der Waals surface area contributed by atoms with Crippen LogP contribution in [0.15, 0.2) is 16.6 Å². The summed E-state index contributed by atoms with van der Waals surface area (Å²) in [6, 6.07) is 3.65. The van der Waals surface area contributed by atoms with Gasteiger partial charge in [-0.3, -0.25) is 0 Å². The van der Waals surface area contributed by atoms with Crippen LogP contribution in [0.4, 0.5) is 10.5 Å². The van der Waals surface area contributed by atoms with Crippen molar-refractivity contribution in [2.24, 2.45) is 5.92 Å². The molecule has 5 heteroatoms. The fourth-order valence-electron chi connectivity index (χ4n) is 2.15. The van der Waals surface area contributed by atoms with Crippen LogP contribution in [-0.4, -0.2) is 24.0 Å². The molecule has 0 aromatic heterocycles. The second-order valence-electron chi connectivity index (χ2n) is 5.18. The topological polar surface area (TPSA) is 32.3 Å². The first-order valence-electron chi connectivity index (χ1n) is 6.49. The van der Waals surface area contributed by atoms with Gasteiger partial charge in [0.1, 0.15) is 0 Å². The SMILES string of the molecule is Cc1cc(Br)c(NC(=O)N2CCC(C)CC2)cc1Cl. The number of urea groups is 1. The minimum Gasteiger partial charge on any atom is -0.325 e. The lowest BCUT2D eigenvalue weighted by molar-refractivity contribution is 0.186. The van der Waals surface area contributed by atoms with Gasteiger partial charge in [-0.05, 0) is 59.3 Å². The van der Waals surface area contributed by atoms with E-state index in [2.05, 4.69) is 28.2 Å². The molecule has 1 aliphatic rings. The van der Waals surface area contributed by atoms with E-state index in [1.165, 1.54) is 0 Å². The molecule has 0 unspecified atom stereocenters. The predicted molar refractivity (Wildman–Crippen MR) is 82.9 cm³/mol. The normalized spacial score (nSPS) is 16.5. The van der Waals surface area contributed by atoms with Crippen molar-refractivity contribution in [1.29, 1.82) is 0 Å². The van der Waals surface area contributed by atoms with Crippen LogP contribution in [0.1, 0.15) is 25.3 Å². The molecule has 1 fully saturated rings. The maximum Gasteiger partial charge on any atom is 0.321 e. The van der Waals surface area contributed by atoms with E-state index in [9.17, 15) is 4.79 Å². The van der Waals surface area contributed by atoms with Gasteiger partial charge in [-0.15, -0.1) is 0 Å². The maximum absolute atomic E-state index is 12.2. The van der Waals surface area contributed by atoms with Crippen LogP contribution >= 0.6 is 27.5 Å². The van der Waals surface area contributed by atoms with Gasteiger partial charge in [-0.25, -0.2) is 4.79 Å². The third kappa shape index (κ3) is 3.63. The number of hydrogen-bond donors (Lipinski definition) is 1. The molecule has 19 heavy (non-hydrogen) atoms. The Morgan fingerprint density at radius 3 is 2.68 bits per heavy atom. The monoisotopic (exact) mass is 344 g/mol. The Kier molecular flexibility index (Phi) is 4.74. The highest BCUT2D eigenvalue weighted by Crippen LogP contribution is 2.29. The number of likely N-dealkylation sites (tertiary alicyclic amines) is 1. The number of piperidine rings is 1. The summed E-state index contributed by atoms with van der Waals surface area (Å²) in [5.74, 6) is 0.713. The molecule has 1 saturated heterocycles. The molecular weight excluding hydrogens is 328 g/mol. The van der Waals surface area contributed by atoms with Crippen molar-refractivity contribution in [3.8, 4) is 0 Å². The molecule has 0 atom stereocenters. The molecule has 3 nitrogen and oxygen atoms in total. The van der Waals surface area contributed by atoms with Gasteiger partial charge in [0.15, 0.2) is 0 Å². The second-order valence-corrected chi connectivity index (χ2v) is 6.44. The average molecular weight is 346 g/mol. The third-order valence-corrected chi connectivity index (χ3v) is 4.62. The average Bonchev–Trinajstić information content (AvgIpc) is 2.36. The van der Waals surface area contributed by atoms with E-state index in [0.717, 1.165) is 41.7 Å². The van der Waals surface area contributed by atoms with E-state index < -0.39 is 0 Å². The Hall–Kier alpha value is -0.740. The number of nitrogens with zero attached hydrogens (tertiary/aromatic N) is 1. The molecule has 2 rings (SSSR count). The Morgan fingerprint density at radius 1 is 1.42 bits per heavy atom. The van der Waals surface area contributed by atoms with Crippen molar-refractivity contribution in [2.45, 2.75) is 26.7 Å². The summed E-state index contributed by atoms with van der Waals surface area (Å²) in [5.41, 5.74) is 1.71. The first-order valence-corrected chi connectivity index (χ1v) is 7.66. The van der Waals surface area contributed by atoms with E-state index in [1.54, 1.807) is 6.07 Å². The summed E-state index contributed by atoms with van der Waals surface area (Å²) in [6.07, 6.45) is 2.15. The van der Waals surface area contributed by atoms with Gasteiger partial charge in [0.2, 0.25) is 0 Å². The zero-order valence-corrected chi connectivity index (χ0v) is 13.5. The van der Waals surface area contributed by atoms with Crippen LogP contribution in [0.25, 0.3) is 0 Å². The van der Waals surface area contributed by atoms with Crippen LogP contribution in [0.3, 0.4) is 0 Å². The third-order valence-electron chi connectivity index (χ3n) is 3.56. The van der Waals surface area contributed by atoms with Crippen LogP contribution in [0.2, 0.25) is 5.02 Å². The molecule has 1 N–H and O–H groups in total. The number of nitrogens with one attached hydrogen (secondary N) is 1. The van der Waals surface area contributed by atoms with E-state index in [4.69, 9.17) is 11.6 Å². The molecule has 1 heterocycles. The van der Waals surface area contributed by atoms with Gasteiger partial charge in [0.05, 0.1) is 5.69 Å². The lowest BCUT2D eigenvalue weighted by Crippen LogP contribution is -2.40. The molecule has 0 bridgehead atoms. The van der Waals surface area contributed by atoms with Crippen LogP contribution in [0.5, 0.6) is 0 Å². The smallest absolute Gasteiger partial charge is 0.321 e. The van der Waals surface area contributed by atoms with Crippen molar-refractivity contribution in [1.82, 2.24) is 4.90 Å². The Bertz CT molecular complexity index is 485. The minimum absolute atomic E-state index is 0.0486. The van der Waals surface area contributed by atoms with Crippen molar-refractivity contribution >= 4 is 39.2 Å². The molecular formula is C14H18BrClN2O. The number of anilines is 1. The number of carbonyl (C=O) groups excluding carboxylic acids is 1. The fraction of sp³-hybridized carbons (Fsp3) is 0.500. The Morgan fingerprint density at radius 2 is 2.05 bits per heavy atom. The van der Waals surface area contributed by atoms with Crippen molar-refractivity contribution in [3.63, 3.8) is 0 Å². The molecule has 0 saturated carbocycles. The van der Waals surface area contributed by atoms with Crippen LogP contribution < -0.4 is 5.32 Å². The fourth-order valence-corrected chi connectivity index (χ4v) is 2.87. The summed E-state index contributed by atoms with van der Waals surface area (Å²) < 4.78 is 0.855. The van der Waals surface area contributed by atoms with Gasteiger partial charge in [-0.1, -0.05) is 18.5 Å². The summed E-state index contributed by atoms with van der Waals surface area (Å²) in [7, 11) is 0. The minimum atomic E-state index is -0.0486. The largest absolute Gasteiger partial charge is 0.325 e. The molecule has 1 aromatic rings. The van der Waals surface area contributed by atoms with Crippen molar-refractivity contribution in [3.05, 3.63) is 27.2 Å². The summed E-state index contributed by atoms with van der Waals surface area (Å²) >= 11 is 9.54. The van der Waals surface area contributed by atoms with E-state index in [0.29, 0.717) is 10.9 Å². The maximum atomic E-state index is 12.2.